The van der Waals surface area contributed by atoms with Gasteiger partial charge in [-0.25, -0.2) is 22.8 Å². The van der Waals surface area contributed by atoms with Gasteiger partial charge in [-0.3, -0.25) is 0 Å². The molecule has 1 unspecified atom stereocenters. The molecule has 0 radical (unpaired) electrons. The van der Waals surface area contributed by atoms with E-state index >= 15 is 0 Å². The van der Waals surface area contributed by atoms with Gasteiger partial charge in [-0.05, 0) is 30.7 Å². The Balaban J connectivity index is 0.00000225. The lowest BCUT2D eigenvalue weighted by Gasteiger charge is -2.15. The lowest BCUT2D eigenvalue weighted by molar-refractivity contribution is 0.516. The van der Waals surface area contributed by atoms with Crippen LogP contribution in [0.2, 0.25) is 0 Å². The van der Waals surface area contributed by atoms with Gasteiger partial charge < -0.3 is 5.32 Å². The average molecular weight is 369 g/mol. The molecule has 0 saturated heterocycles. The Morgan fingerprint density at radius 2 is 1.88 bits per heavy atom. The van der Waals surface area contributed by atoms with Crippen molar-refractivity contribution in [2.45, 2.75) is 19.5 Å². The number of rotatable bonds is 5. The summed E-state index contributed by atoms with van der Waals surface area (Å²) in [6.45, 7) is 2.10. The zero-order valence-corrected chi connectivity index (χ0v) is 14.1. The highest BCUT2D eigenvalue weighted by Gasteiger charge is 2.12. The van der Waals surface area contributed by atoms with Crippen LogP contribution in [0.3, 0.4) is 0 Å². The molecule has 132 valence electrons. The van der Waals surface area contributed by atoms with E-state index in [1.165, 1.54) is 35.5 Å². The Morgan fingerprint density at radius 3 is 2.52 bits per heavy atom. The first-order valence-electron chi connectivity index (χ1n) is 7.36. The maximum Gasteiger partial charge on any atom is 0.149 e. The van der Waals surface area contributed by atoms with Crippen molar-refractivity contribution < 1.29 is 13.2 Å². The van der Waals surface area contributed by atoms with Gasteiger partial charge in [0.05, 0.1) is 0 Å². The number of aromatic nitrogens is 3. The zero-order valence-electron chi connectivity index (χ0n) is 13.3. The van der Waals surface area contributed by atoms with E-state index in [2.05, 4.69) is 15.4 Å². The first kappa shape index (κ1) is 19.0. The summed E-state index contributed by atoms with van der Waals surface area (Å²) in [5.74, 6) is -1.66. The highest BCUT2D eigenvalue weighted by Crippen LogP contribution is 2.19. The molecule has 2 aromatic carbocycles. The molecule has 0 aliphatic carbocycles. The van der Waals surface area contributed by atoms with E-state index in [0.717, 1.165) is 6.07 Å². The van der Waals surface area contributed by atoms with Crippen LogP contribution >= 0.6 is 12.4 Å². The van der Waals surface area contributed by atoms with Gasteiger partial charge in [-0.1, -0.05) is 12.1 Å². The van der Waals surface area contributed by atoms with Crippen LogP contribution in [0.15, 0.2) is 49.1 Å². The van der Waals surface area contributed by atoms with E-state index in [0.29, 0.717) is 23.4 Å². The molecule has 0 fully saturated rings. The van der Waals surface area contributed by atoms with Gasteiger partial charge in [0, 0.05) is 24.2 Å². The van der Waals surface area contributed by atoms with E-state index in [1.807, 2.05) is 0 Å². The minimum atomic E-state index is -0.616. The van der Waals surface area contributed by atoms with Gasteiger partial charge in [-0.2, -0.15) is 5.10 Å². The first-order chi connectivity index (χ1) is 11.5. The van der Waals surface area contributed by atoms with Crippen LogP contribution < -0.4 is 5.32 Å². The normalized spacial score (nSPS) is 11.8. The first-order valence-corrected chi connectivity index (χ1v) is 7.36. The van der Waals surface area contributed by atoms with Gasteiger partial charge >= 0.3 is 0 Å². The van der Waals surface area contributed by atoms with Gasteiger partial charge in [0.1, 0.15) is 35.8 Å². The Kier molecular flexibility index (Phi) is 6.17. The van der Waals surface area contributed by atoms with Crippen LogP contribution in [0.5, 0.6) is 0 Å². The molecule has 3 rings (SSSR count). The third-order valence-electron chi connectivity index (χ3n) is 3.72. The summed E-state index contributed by atoms with van der Waals surface area (Å²) in [5, 5.41) is 6.98. The summed E-state index contributed by atoms with van der Waals surface area (Å²) in [5.41, 5.74) is 1.36. The van der Waals surface area contributed by atoms with Crippen LogP contribution in [-0.2, 0) is 6.54 Å². The Hall–Kier alpha value is -2.38. The predicted molar refractivity (Wildman–Crippen MR) is 90.2 cm³/mol. The second kappa shape index (κ2) is 8.13. The fourth-order valence-electron chi connectivity index (χ4n) is 2.41. The van der Waals surface area contributed by atoms with Gasteiger partial charge in [0.2, 0.25) is 0 Å². The van der Waals surface area contributed by atoms with E-state index in [1.54, 1.807) is 19.1 Å². The van der Waals surface area contributed by atoms with Gasteiger partial charge in [0.15, 0.2) is 0 Å². The fourth-order valence-corrected chi connectivity index (χ4v) is 2.41. The second-order valence-electron chi connectivity index (χ2n) is 5.39. The SMILES string of the molecule is CC(NCc1ccc(-n2cncn2)c(F)c1)c1ccc(F)cc1F.Cl. The lowest BCUT2D eigenvalue weighted by atomic mass is 10.1. The predicted octanol–water partition coefficient (Wildman–Crippen LogP) is 3.96. The quantitative estimate of drug-likeness (QED) is 0.741. The summed E-state index contributed by atoms with van der Waals surface area (Å²) in [4.78, 5) is 3.78. The third kappa shape index (κ3) is 4.37. The molecule has 0 aliphatic rings. The third-order valence-corrected chi connectivity index (χ3v) is 3.72. The minimum Gasteiger partial charge on any atom is -0.306 e. The molecule has 0 spiro atoms. The molecular formula is C17H16ClF3N4. The smallest absolute Gasteiger partial charge is 0.149 e. The summed E-state index contributed by atoms with van der Waals surface area (Å²) in [7, 11) is 0. The average Bonchev–Trinajstić information content (AvgIpc) is 3.07. The molecular weight excluding hydrogens is 353 g/mol. The molecule has 1 heterocycles. The van der Waals surface area contributed by atoms with Crippen LogP contribution in [0, 0.1) is 17.5 Å². The topological polar surface area (TPSA) is 42.7 Å². The van der Waals surface area contributed by atoms with Crippen molar-refractivity contribution in [3.8, 4) is 5.69 Å². The van der Waals surface area contributed by atoms with Crippen LogP contribution in [0.4, 0.5) is 13.2 Å². The van der Waals surface area contributed by atoms with Crippen LogP contribution in [0.1, 0.15) is 24.1 Å². The molecule has 25 heavy (non-hydrogen) atoms. The second-order valence-corrected chi connectivity index (χ2v) is 5.39. The summed E-state index contributed by atoms with van der Waals surface area (Å²) >= 11 is 0. The Bertz CT molecular complexity index is 840. The zero-order chi connectivity index (χ0) is 17.1. The minimum absolute atomic E-state index is 0. The monoisotopic (exact) mass is 368 g/mol. The summed E-state index contributed by atoms with van der Waals surface area (Å²) in [6.07, 6.45) is 2.74. The molecule has 3 aromatic rings. The van der Waals surface area contributed by atoms with Crippen LogP contribution in [-0.4, -0.2) is 14.8 Å². The number of nitrogens with one attached hydrogen (secondary N) is 1. The molecule has 1 atom stereocenters. The Labute approximate surface area is 149 Å². The largest absolute Gasteiger partial charge is 0.306 e. The summed E-state index contributed by atoms with van der Waals surface area (Å²) in [6, 6.07) is 7.85. The number of nitrogens with zero attached hydrogens (tertiary/aromatic N) is 3. The number of hydrogen-bond donors (Lipinski definition) is 1. The number of hydrogen-bond acceptors (Lipinski definition) is 3. The van der Waals surface area contributed by atoms with Crippen molar-refractivity contribution in [2.75, 3.05) is 0 Å². The number of halogens is 4. The standard InChI is InChI=1S/C17H15F3N4.ClH/c1-11(14-4-3-13(18)7-15(14)19)22-8-12-2-5-17(16(20)6-12)24-10-21-9-23-24;/h2-7,9-11,22H,8H2,1H3;1H. The molecule has 1 aromatic heterocycles. The van der Waals surface area contributed by atoms with Crippen molar-refractivity contribution in [1.29, 1.82) is 0 Å². The van der Waals surface area contributed by atoms with Crippen molar-refractivity contribution in [2.24, 2.45) is 0 Å². The van der Waals surface area contributed by atoms with Crippen molar-refractivity contribution in [3.63, 3.8) is 0 Å². The van der Waals surface area contributed by atoms with Crippen molar-refractivity contribution >= 4 is 12.4 Å². The molecule has 0 saturated carbocycles. The van der Waals surface area contributed by atoms with Crippen molar-refractivity contribution in [1.82, 2.24) is 20.1 Å². The molecule has 0 amide bonds. The van der Waals surface area contributed by atoms with Crippen LogP contribution in [0.25, 0.3) is 5.69 Å². The highest BCUT2D eigenvalue weighted by molar-refractivity contribution is 5.85. The van der Waals surface area contributed by atoms with E-state index < -0.39 is 17.5 Å². The molecule has 4 nitrogen and oxygen atoms in total. The maximum absolute atomic E-state index is 14.2. The van der Waals surface area contributed by atoms with E-state index in [9.17, 15) is 13.2 Å². The fraction of sp³-hybridized carbons (Fsp3) is 0.176. The lowest BCUT2D eigenvalue weighted by Crippen LogP contribution is -2.19. The van der Waals surface area contributed by atoms with Crippen molar-refractivity contribution in [3.05, 3.63) is 77.6 Å². The summed E-state index contributed by atoms with van der Waals surface area (Å²) < 4.78 is 42.2. The number of benzene rings is 2. The molecule has 8 heteroatoms. The van der Waals surface area contributed by atoms with E-state index in [4.69, 9.17) is 0 Å². The molecule has 1 N–H and O–H groups in total. The highest BCUT2D eigenvalue weighted by atomic mass is 35.5. The Morgan fingerprint density at radius 1 is 1.08 bits per heavy atom. The maximum atomic E-state index is 14.2. The van der Waals surface area contributed by atoms with Gasteiger partial charge in [0.25, 0.3) is 0 Å². The van der Waals surface area contributed by atoms with E-state index in [-0.39, 0.29) is 18.4 Å². The van der Waals surface area contributed by atoms with Gasteiger partial charge in [-0.15, -0.1) is 12.4 Å². The molecule has 0 bridgehead atoms. The molecule has 0 aliphatic heterocycles.